The molecule has 3 heteroatoms. The molecule has 1 amide bonds. The molecule has 0 bridgehead atoms. The fourth-order valence-corrected chi connectivity index (χ4v) is 1.96. The van der Waals surface area contributed by atoms with Gasteiger partial charge in [0.1, 0.15) is 0 Å². The van der Waals surface area contributed by atoms with E-state index in [1.54, 1.807) is 0 Å². The van der Waals surface area contributed by atoms with Crippen molar-refractivity contribution in [2.75, 3.05) is 0 Å². The van der Waals surface area contributed by atoms with Crippen molar-refractivity contribution in [1.29, 1.82) is 0 Å². The van der Waals surface area contributed by atoms with Crippen molar-refractivity contribution in [3.05, 3.63) is 12.3 Å². The molecular formula is C14H27NO2. The number of amides is 1. The molecule has 0 aliphatic carbocycles. The summed E-state index contributed by atoms with van der Waals surface area (Å²) in [6.07, 6.45) is 10.4. The molecule has 0 fully saturated rings. The van der Waals surface area contributed by atoms with Gasteiger partial charge in [0.05, 0.1) is 11.7 Å². The topological polar surface area (TPSA) is 63.3 Å². The number of hydrogen-bond acceptors (Lipinski definition) is 2. The normalized spacial score (nSPS) is 12.3. The lowest BCUT2D eigenvalue weighted by Gasteiger charge is -2.11. The van der Waals surface area contributed by atoms with E-state index in [0.29, 0.717) is 6.42 Å². The van der Waals surface area contributed by atoms with Gasteiger partial charge in [0.2, 0.25) is 5.91 Å². The summed E-state index contributed by atoms with van der Waals surface area (Å²) in [5.41, 5.74) is 5.17. The van der Waals surface area contributed by atoms with E-state index in [1.165, 1.54) is 38.5 Å². The maximum Gasteiger partial charge on any atom is 0.228 e. The number of carbonyl (C=O) groups is 1. The molecule has 0 saturated carbocycles. The van der Waals surface area contributed by atoms with Crippen LogP contribution in [0.25, 0.3) is 0 Å². The van der Waals surface area contributed by atoms with Gasteiger partial charge in [0.15, 0.2) is 0 Å². The van der Waals surface area contributed by atoms with Gasteiger partial charge in [-0.1, -0.05) is 64.9 Å². The van der Waals surface area contributed by atoms with E-state index in [-0.39, 0.29) is 5.76 Å². The van der Waals surface area contributed by atoms with Crippen LogP contribution in [0.1, 0.15) is 64.7 Å². The molecule has 1 unspecified atom stereocenters. The minimum Gasteiger partial charge on any atom is -0.512 e. The molecule has 0 aromatic heterocycles. The Bertz CT molecular complexity index is 212. The molecule has 0 aromatic rings. The lowest BCUT2D eigenvalue weighted by Crippen LogP contribution is -2.24. The second-order valence-corrected chi connectivity index (χ2v) is 4.71. The first kappa shape index (κ1) is 16.0. The van der Waals surface area contributed by atoms with Crippen molar-refractivity contribution in [3.63, 3.8) is 0 Å². The summed E-state index contributed by atoms with van der Waals surface area (Å²) in [5, 5.41) is 9.19. The van der Waals surface area contributed by atoms with Gasteiger partial charge in [-0.05, 0) is 6.42 Å². The first-order chi connectivity index (χ1) is 8.09. The summed E-state index contributed by atoms with van der Waals surface area (Å²) in [6.45, 7) is 5.59. The highest BCUT2D eigenvalue weighted by atomic mass is 16.3. The molecule has 3 nitrogen and oxygen atoms in total. The van der Waals surface area contributed by atoms with Gasteiger partial charge >= 0.3 is 0 Å². The minimum atomic E-state index is -0.560. The van der Waals surface area contributed by atoms with E-state index in [4.69, 9.17) is 5.73 Å². The van der Waals surface area contributed by atoms with Gasteiger partial charge in [-0.25, -0.2) is 0 Å². The van der Waals surface area contributed by atoms with Crippen LogP contribution >= 0.6 is 0 Å². The lowest BCUT2D eigenvalue weighted by atomic mass is 9.98. The number of carbonyl (C=O) groups excluding carboxylic acids is 1. The third-order valence-corrected chi connectivity index (χ3v) is 3.09. The van der Waals surface area contributed by atoms with Crippen molar-refractivity contribution in [2.45, 2.75) is 64.7 Å². The molecule has 0 aliphatic heterocycles. The number of hydrogen-bond donors (Lipinski definition) is 2. The predicted molar refractivity (Wildman–Crippen MR) is 71.7 cm³/mol. The summed E-state index contributed by atoms with van der Waals surface area (Å²) >= 11 is 0. The van der Waals surface area contributed by atoms with Crippen molar-refractivity contribution >= 4 is 5.91 Å². The van der Waals surface area contributed by atoms with E-state index >= 15 is 0 Å². The minimum absolute atomic E-state index is 0.0968. The summed E-state index contributed by atoms with van der Waals surface area (Å²) in [7, 11) is 0. The van der Waals surface area contributed by atoms with Crippen LogP contribution in [0.4, 0.5) is 0 Å². The Balaban J connectivity index is 3.43. The first-order valence-electron chi connectivity index (χ1n) is 6.76. The van der Waals surface area contributed by atoms with Crippen molar-refractivity contribution in [1.82, 2.24) is 0 Å². The van der Waals surface area contributed by atoms with Gasteiger partial charge in [0, 0.05) is 0 Å². The quantitative estimate of drug-likeness (QED) is 0.428. The third-order valence-electron chi connectivity index (χ3n) is 3.09. The number of rotatable bonds is 11. The summed E-state index contributed by atoms with van der Waals surface area (Å²) in [6, 6.07) is 0. The lowest BCUT2D eigenvalue weighted by molar-refractivity contribution is -0.121. The number of unbranched alkanes of at least 4 members (excludes halogenated alkanes) is 7. The van der Waals surface area contributed by atoms with Crippen LogP contribution < -0.4 is 5.73 Å². The van der Waals surface area contributed by atoms with E-state index in [2.05, 4.69) is 13.5 Å². The predicted octanol–water partition coefficient (Wildman–Crippen LogP) is 3.69. The SMILES string of the molecule is C=C(O)C(CCCCCCCCCC)C(N)=O. The molecule has 0 radical (unpaired) electrons. The van der Waals surface area contributed by atoms with Crippen molar-refractivity contribution in [3.8, 4) is 0 Å². The van der Waals surface area contributed by atoms with Gasteiger partial charge in [-0.2, -0.15) is 0 Å². The Morgan fingerprint density at radius 2 is 1.59 bits per heavy atom. The van der Waals surface area contributed by atoms with Crippen LogP contribution in [0.3, 0.4) is 0 Å². The highest BCUT2D eigenvalue weighted by Crippen LogP contribution is 2.16. The van der Waals surface area contributed by atoms with Crippen LogP contribution in [0.2, 0.25) is 0 Å². The number of nitrogens with two attached hydrogens (primary N) is 1. The second kappa shape index (κ2) is 10.2. The average Bonchev–Trinajstić information content (AvgIpc) is 2.26. The highest BCUT2D eigenvalue weighted by Gasteiger charge is 2.17. The molecule has 0 spiro atoms. The zero-order valence-corrected chi connectivity index (χ0v) is 11.1. The van der Waals surface area contributed by atoms with Crippen LogP contribution in [0, 0.1) is 5.92 Å². The highest BCUT2D eigenvalue weighted by molar-refractivity contribution is 5.78. The van der Waals surface area contributed by atoms with E-state index < -0.39 is 11.8 Å². The Morgan fingerprint density at radius 3 is 2.00 bits per heavy atom. The van der Waals surface area contributed by atoms with Gasteiger partial charge in [-0.15, -0.1) is 0 Å². The fourth-order valence-electron chi connectivity index (χ4n) is 1.96. The molecule has 100 valence electrons. The van der Waals surface area contributed by atoms with Crippen molar-refractivity contribution < 1.29 is 9.90 Å². The maximum atomic E-state index is 11.0. The van der Waals surface area contributed by atoms with E-state index in [1.807, 2.05) is 0 Å². The summed E-state index contributed by atoms with van der Waals surface area (Å²) < 4.78 is 0. The van der Waals surface area contributed by atoms with E-state index in [9.17, 15) is 9.90 Å². The average molecular weight is 241 g/mol. The largest absolute Gasteiger partial charge is 0.512 e. The Labute approximate surface area is 105 Å². The number of aliphatic hydroxyl groups is 1. The number of primary amides is 1. The molecule has 3 N–H and O–H groups in total. The Morgan fingerprint density at radius 1 is 1.12 bits per heavy atom. The third kappa shape index (κ3) is 8.78. The molecule has 0 rings (SSSR count). The Hall–Kier alpha value is -0.990. The molecule has 0 aromatic carbocycles. The van der Waals surface area contributed by atoms with Crippen LogP contribution in [0.5, 0.6) is 0 Å². The molecule has 0 heterocycles. The maximum absolute atomic E-state index is 11.0. The van der Waals surface area contributed by atoms with Crippen molar-refractivity contribution in [2.24, 2.45) is 11.7 Å². The summed E-state index contributed by atoms with van der Waals surface area (Å²) in [5.74, 6) is -1.13. The van der Waals surface area contributed by atoms with Gasteiger partial charge < -0.3 is 10.8 Å². The molecule has 17 heavy (non-hydrogen) atoms. The standard InChI is InChI=1S/C14H27NO2/c1-3-4-5-6-7-8-9-10-11-13(12(2)16)14(15)17/h13,16H,2-11H2,1H3,(H2,15,17). The van der Waals surface area contributed by atoms with Crippen LogP contribution in [-0.4, -0.2) is 11.0 Å². The fraction of sp³-hybridized carbons (Fsp3) is 0.786. The molecular weight excluding hydrogens is 214 g/mol. The summed E-state index contributed by atoms with van der Waals surface area (Å²) in [4.78, 5) is 11.0. The molecule has 1 atom stereocenters. The van der Waals surface area contributed by atoms with Gasteiger partial charge in [0.25, 0.3) is 0 Å². The van der Waals surface area contributed by atoms with Gasteiger partial charge in [-0.3, -0.25) is 4.79 Å². The number of aliphatic hydroxyl groups excluding tert-OH is 1. The zero-order chi connectivity index (χ0) is 13.1. The monoisotopic (exact) mass is 241 g/mol. The zero-order valence-electron chi connectivity index (χ0n) is 11.1. The first-order valence-corrected chi connectivity index (χ1v) is 6.76. The molecule has 0 aliphatic rings. The second-order valence-electron chi connectivity index (χ2n) is 4.71. The Kier molecular flexibility index (Phi) is 9.59. The smallest absolute Gasteiger partial charge is 0.228 e. The van der Waals surface area contributed by atoms with E-state index in [0.717, 1.165) is 12.8 Å². The molecule has 0 saturated heterocycles. The van der Waals surface area contributed by atoms with Crippen LogP contribution in [-0.2, 0) is 4.79 Å². The van der Waals surface area contributed by atoms with Crippen LogP contribution in [0.15, 0.2) is 12.3 Å².